The fraction of sp³-hybridized carbons (Fsp3) is 0.900. The normalized spacial score (nSPS) is 30.0. The van der Waals surface area contributed by atoms with Crippen LogP contribution in [0.1, 0.15) is 39.0 Å². The van der Waals surface area contributed by atoms with Crippen molar-refractivity contribution in [3.8, 4) is 0 Å². The molecule has 1 fully saturated rings. The Morgan fingerprint density at radius 1 is 1.36 bits per heavy atom. The molecule has 2 atom stereocenters. The molecule has 1 rings (SSSR count). The summed E-state index contributed by atoms with van der Waals surface area (Å²) >= 11 is 0. The Labute approximate surface area is 70.1 Å². The van der Waals surface area contributed by atoms with E-state index in [1.54, 1.807) is 0 Å². The molecule has 1 radical (unpaired) electrons. The van der Waals surface area contributed by atoms with E-state index in [9.17, 15) is 0 Å². The number of hydrogen-bond donors (Lipinski definition) is 0. The van der Waals surface area contributed by atoms with E-state index in [0.717, 1.165) is 18.9 Å². The van der Waals surface area contributed by atoms with Crippen molar-refractivity contribution in [1.29, 1.82) is 0 Å². The van der Waals surface area contributed by atoms with Crippen LogP contribution < -0.4 is 0 Å². The molecular weight excluding hydrogens is 136 g/mol. The van der Waals surface area contributed by atoms with Crippen molar-refractivity contribution in [2.75, 3.05) is 6.61 Å². The predicted octanol–water partition coefficient (Wildman–Crippen LogP) is 2.81. The molecule has 0 bridgehead atoms. The van der Waals surface area contributed by atoms with Gasteiger partial charge in [0.1, 0.15) is 0 Å². The molecule has 0 saturated carbocycles. The number of hydrogen-bond acceptors (Lipinski definition) is 1. The Morgan fingerprint density at radius 2 is 2.18 bits per heavy atom. The topological polar surface area (TPSA) is 9.23 Å². The Bertz CT molecular complexity index is 101. The van der Waals surface area contributed by atoms with E-state index in [2.05, 4.69) is 13.8 Å². The second-order valence-electron chi connectivity index (χ2n) is 3.55. The molecule has 11 heavy (non-hydrogen) atoms. The van der Waals surface area contributed by atoms with E-state index in [0.29, 0.717) is 6.10 Å². The first-order valence-electron chi connectivity index (χ1n) is 4.75. The SMILES string of the molecule is [CH2]CCCCCC1OCC1C. The van der Waals surface area contributed by atoms with Crippen LogP contribution in [0.15, 0.2) is 0 Å². The van der Waals surface area contributed by atoms with Gasteiger partial charge in [0.25, 0.3) is 0 Å². The third-order valence-electron chi connectivity index (χ3n) is 2.45. The predicted molar refractivity (Wildman–Crippen MR) is 47.3 cm³/mol. The van der Waals surface area contributed by atoms with Gasteiger partial charge in [-0.3, -0.25) is 0 Å². The van der Waals surface area contributed by atoms with E-state index >= 15 is 0 Å². The van der Waals surface area contributed by atoms with Gasteiger partial charge in [-0.15, -0.1) is 0 Å². The van der Waals surface area contributed by atoms with Crippen molar-refractivity contribution in [3.63, 3.8) is 0 Å². The molecule has 1 saturated heterocycles. The van der Waals surface area contributed by atoms with Crippen LogP contribution >= 0.6 is 0 Å². The van der Waals surface area contributed by atoms with Crippen molar-refractivity contribution in [2.24, 2.45) is 5.92 Å². The molecule has 0 aromatic heterocycles. The number of ether oxygens (including phenoxy) is 1. The lowest BCUT2D eigenvalue weighted by Crippen LogP contribution is -2.37. The van der Waals surface area contributed by atoms with Crippen LogP contribution in [0.2, 0.25) is 0 Å². The summed E-state index contributed by atoms with van der Waals surface area (Å²) in [6.45, 7) is 7.08. The second-order valence-corrected chi connectivity index (χ2v) is 3.55. The van der Waals surface area contributed by atoms with Gasteiger partial charge in [0.15, 0.2) is 0 Å². The van der Waals surface area contributed by atoms with Crippen LogP contribution in [-0.2, 0) is 4.74 Å². The van der Waals surface area contributed by atoms with Gasteiger partial charge in [-0.2, -0.15) is 0 Å². The molecule has 1 heteroatoms. The first-order chi connectivity index (χ1) is 5.34. The van der Waals surface area contributed by atoms with Gasteiger partial charge in [0.2, 0.25) is 0 Å². The lowest BCUT2D eigenvalue weighted by atomic mass is 9.95. The number of unbranched alkanes of at least 4 members (excludes halogenated alkanes) is 3. The fourth-order valence-corrected chi connectivity index (χ4v) is 1.49. The van der Waals surface area contributed by atoms with E-state index in [1.807, 2.05) is 0 Å². The minimum Gasteiger partial charge on any atom is -0.377 e. The minimum atomic E-state index is 0.583. The average Bonchev–Trinajstić information content (AvgIpc) is 2.02. The number of rotatable bonds is 5. The quantitative estimate of drug-likeness (QED) is 0.555. The smallest absolute Gasteiger partial charge is 0.0622 e. The third kappa shape index (κ3) is 2.82. The average molecular weight is 155 g/mol. The van der Waals surface area contributed by atoms with E-state index in [4.69, 9.17) is 4.74 Å². The van der Waals surface area contributed by atoms with E-state index < -0.39 is 0 Å². The van der Waals surface area contributed by atoms with Crippen LogP contribution in [0.5, 0.6) is 0 Å². The molecule has 2 unspecified atom stereocenters. The lowest BCUT2D eigenvalue weighted by Gasteiger charge is -2.34. The molecule has 0 aromatic carbocycles. The van der Waals surface area contributed by atoms with Gasteiger partial charge in [0.05, 0.1) is 12.7 Å². The third-order valence-corrected chi connectivity index (χ3v) is 2.45. The molecule has 1 aliphatic heterocycles. The van der Waals surface area contributed by atoms with Gasteiger partial charge in [-0.05, 0) is 6.42 Å². The highest BCUT2D eigenvalue weighted by atomic mass is 16.5. The molecule has 1 heterocycles. The molecule has 1 nitrogen and oxygen atoms in total. The molecule has 0 aromatic rings. The molecular formula is C10H19O. The van der Waals surface area contributed by atoms with E-state index in [-0.39, 0.29) is 0 Å². The Hall–Kier alpha value is -0.0400. The van der Waals surface area contributed by atoms with Crippen molar-refractivity contribution >= 4 is 0 Å². The first-order valence-corrected chi connectivity index (χ1v) is 4.75. The molecule has 0 N–H and O–H groups in total. The van der Waals surface area contributed by atoms with Crippen LogP contribution in [0, 0.1) is 12.8 Å². The monoisotopic (exact) mass is 155 g/mol. The fourth-order valence-electron chi connectivity index (χ4n) is 1.49. The highest BCUT2D eigenvalue weighted by molar-refractivity contribution is 4.74. The van der Waals surface area contributed by atoms with Crippen LogP contribution in [0.3, 0.4) is 0 Å². The summed E-state index contributed by atoms with van der Waals surface area (Å²) in [6, 6.07) is 0. The van der Waals surface area contributed by atoms with Gasteiger partial charge < -0.3 is 4.74 Å². The van der Waals surface area contributed by atoms with Crippen LogP contribution in [-0.4, -0.2) is 12.7 Å². The van der Waals surface area contributed by atoms with Crippen molar-refractivity contribution in [2.45, 2.75) is 45.1 Å². The van der Waals surface area contributed by atoms with Crippen LogP contribution in [0.4, 0.5) is 0 Å². The zero-order valence-electron chi connectivity index (χ0n) is 7.51. The summed E-state index contributed by atoms with van der Waals surface area (Å²) in [7, 11) is 0. The maximum Gasteiger partial charge on any atom is 0.0622 e. The van der Waals surface area contributed by atoms with E-state index in [1.165, 1.54) is 25.7 Å². The summed E-state index contributed by atoms with van der Waals surface area (Å²) in [5.74, 6) is 0.815. The summed E-state index contributed by atoms with van der Waals surface area (Å²) < 4.78 is 5.41. The zero-order valence-corrected chi connectivity index (χ0v) is 7.51. The van der Waals surface area contributed by atoms with Crippen molar-refractivity contribution in [1.82, 2.24) is 0 Å². The Balaban J connectivity index is 1.87. The Kier molecular flexibility index (Phi) is 3.92. The van der Waals surface area contributed by atoms with Gasteiger partial charge >= 0.3 is 0 Å². The highest BCUT2D eigenvalue weighted by Gasteiger charge is 2.26. The summed E-state index contributed by atoms with van der Waals surface area (Å²) in [4.78, 5) is 0. The highest BCUT2D eigenvalue weighted by Crippen LogP contribution is 2.24. The van der Waals surface area contributed by atoms with Gasteiger partial charge in [-0.1, -0.05) is 39.5 Å². The minimum absolute atomic E-state index is 0.583. The summed E-state index contributed by atoms with van der Waals surface area (Å²) in [5.41, 5.74) is 0. The molecule has 0 spiro atoms. The summed E-state index contributed by atoms with van der Waals surface area (Å²) in [5, 5.41) is 0. The Morgan fingerprint density at radius 3 is 2.64 bits per heavy atom. The molecule has 1 aliphatic rings. The summed E-state index contributed by atoms with van der Waals surface area (Å²) in [6.07, 6.45) is 6.86. The van der Waals surface area contributed by atoms with Gasteiger partial charge in [0, 0.05) is 5.92 Å². The van der Waals surface area contributed by atoms with Crippen LogP contribution in [0.25, 0.3) is 0 Å². The molecule has 65 valence electrons. The second kappa shape index (κ2) is 4.76. The lowest BCUT2D eigenvalue weighted by molar-refractivity contribution is -0.110. The zero-order chi connectivity index (χ0) is 8.10. The molecule has 0 amide bonds. The maximum atomic E-state index is 5.41. The standard InChI is InChI=1S/C10H19O/c1-3-4-5-6-7-10-9(2)8-11-10/h9-10H,1,3-8H2,2H3. The van der Waals surface area contributed by atoms with Crippen molar-refractivity contribution < 1.29 is 4.74 Å². The largest absolute Gasteiger partial charge is 0.377 e. The van der Waals surface area contributed by atoms with Crippen molar-refractivity contribution in [3.05, 3.63) is 6.92 Å². The first kappa shape index (κ1) is 9.05. The maximum absolute atomic E-state index is 5.41. The molecule has 0 aliphatic carbocycles. The van der Waals surface area contributed by atoms with Gasteiger partial charge in [-0.25, -0.2) is 0 Å².